The van der Waals surface area contributed by atoms with Gasteiger partial charge in [-0.05, 0) is 43.6 Å². The Labute approximate surface area is 93.3 Å². The summed E-state index contributed by atoms with van der Waals surface area (Å²) in [5.41, 5.74) is 5.73. The van der Waals surface area contributed by atoms with Gasteiger partial charge in [0.15, 0.2) is 0 Å². The van der Waals surface area contributed by atoms with Crippen LogP contribution in [0.25, 0.3) is 0 Å². The Morgan fingerprint density at radius 2 is 1.93 bits per heavy atom. The molecule has 1 rings (SSSR count). The minimum Gasteiger partial charge on any atom is -0.330 e. The smallest absolute Gasteiger partial charge is 0.147 e. The van der Waals surface area contributed by atoms with Gasteiger partial charge in [0.25, 0.3) is 0 Å². The van der Waals surface area contributed by atoms with Crippen LogP contribution in [-0.2, 0) is 9.84 Å². The van der Waals surface area contributed by atoms with Gasteiger partial charge < -0.3 is 5.73 Å². The van der Waals surface area contributed by atoms with Crippen LogP contribution in [0, 0.1) is 17.8 Å². The van der Waals surface area contributed by atoms with Crippen molar-refractivity contribution >= 4 is 9.84 Å². The molecule has 1 aliphatic rings. The summed E-state index contributed by atoms with van der Waals surface area (Å²) < 4.78 is 22.2. The van der Waals surface area contributed by atoms with Gasteiger partial charge >= 0.3 is 0 Å². The second kappa shape index (κ2) is 5.30. The van der Waals surface area contributed by atoms with Crippen molar-refractivity contribution in [2.24, 2.45) is 23.5 Å². The Bertz CT molecular complexity index is 287. The van der Waals surface area contributed by atoms with E-state index in [2.05, 4.69) is 6.92 Å². The fourth-order valence-electron chi connectivity index (χ4n) is 2.59. The number of sulfone groups is 1. The molecule has 0 aromatic rings. The second-order valence-corrected chi connectivity index (χ2v) is 7.35. The van der Waals surface area contributed by atoms with E-state index in [-0.39, 0.29) is 0 Å². The van der Waals surface area contributed by atoms with Crippen molar-refractivity contribution in [2.75, 3.05) is 18.6 Å². The van der Waals surface area contributed by atoms with Crippen LogP contribution in [0.3, 0.4) is 0 Å². The van der Waals surface area contributed by atoms with Gasteiger partial charge in [-0.2, -0.15) is 0 Å². The molecule has 0 aromatic carbocycles. The number of hydrogen-bond donors (Lipinski definition) is 1. The van der Waals surface area contributed by atoms with Gasteiger partial charge in [0.1, 0.15) is 9.84 Å². The van der Waals surface area contributed by atoms with E-state index in [4.69, 9.17) is 5.73 Å². The lowest BCUT2D eigenvalue weighted by molar-refractivity contribution is 0.190. The van der Waals surface area contributed by atoms with Crippen molar-refractivity contribution in [1.82, 2.24) is 0 Å². The Balaban J connectivity index is 2.49. The molecular formula is C11H23NO2S. The van der Waals surface area contributed by atoms with Gasteiger partial charge in [-0.25, -0.2) is 8.42 Å². The van der Waals surface area contributed by atoms with Crippen molar-refractivity contribution in [2.45, 2.75) is 32.6 Å². The maximum Gasteiger partial charge on any atom is 0.147 e. The summed E-state index contributed by atoms with van der Waals surface area (Å²) in [4.78, 5) is 0. The highest BCUT2D eigenvalue weighted by Crippen LogP contribution is 2.35. The quantitative estimate of drug-likeness (QED) is 0.799. The minimum atomic E-state index is -2.81. The Kier molecular flexibility index (Phi) is 4.59. The predicted octanol–water partition coefficient (Wildman–Crippen LogP) is 1.43. The van der Waals surface area contributed by atoms with E-state index in [1.165, 1.54) is 19.1 Å². The molecule has 0 heterocycles. The monoisotopic (exact) mass is 233 g/mol. The molecule has 0 spiro atoms. The highest BCUT2D eigenvalue weighted by atomic mass is 32.2. The SMILES string of the molecule is CC1CCC(CN)C(CCS(C)(=O)=O)C1. The van der Waals surface area contributed by atoms with Crippen LogP contribution in [0.2, 0.25) is 0 Å². The molecule has 3 atom stereocenters. The van der Waals surface area contributed by atoms with Gasteiger partial charge in [-0.15, -0.1) is 0 Å². The summed E-state index contributed by atoms with van der Waals surface area (Å²) in [7, 11) is -2.81. The zero-order chi connectivity index (χ0) is 11.5. The second-order valence-electron chi connectivity index (χ2n) is 5.09. The molecule has 3 unspecified atom stereocenters. The summed E-state index contributed by atoms with van der Waals surface area (Å²) in [5.74, 6) is 2.12. The van der Waals surface area contributed by atoms with Crippen molar-refractivity contribution in [3.8, 4) is 0 Å². The topological polar surface area (TPSA) is 60.2 Å². The number of hydrogen-bond acceptors (Lipinski definition) is 3. The van der Waals surface area contributed by atoms with Crippen LogP contribution in [0.15, 0.2) is 0 Å². The van der Waals surface area contributed by atoms with Crippen LogP contribution in [0.1, 0.15) is 32.6 Å². The van der Waals surface area contributed by atoms with E-state index >= 15 is 0 Å². The molecule has 90 valence electrons. The molecule has 1 saturated carbocycles. The molecule has 15 heavy (non-hydrogen) atoms. The Morgan fingerprint density at radius 1 is 1.27 bits per heavy atom. The predicted molar refractivity (Wildman–Crippen MR) is 63.4 cm³/mol. The Hall–Kier alpha value is -0.0900. The van der Waals surface area contributed by atoms with E-state index in [0.717, 1.165) is 18.8 Å². The molecule has 2 N–H and O–H groups in total. The van der Waals surface area contributed by atoms with Gasteiger partial charge in [0, 0.05) is 6.26 Å². The normalized spacial score (nSPS) is 32.9. The Morgan fingerprint density at radius 3 is 2.47 bits per heavy atom. The van der Waals surface area contributed by atoms with E-state index < -0.39 is 9.84 Å². The van der Waals surface area contributed by atoms with Crippen LogP contribution in [-0.4, -0.2) is 27.0 Å². The number of nitrogens with two attached hydrogens (primary N) is 1. The number of rotatable bonds is 4. The molecule has 0 bridgehead atoms. The van der Waals surface area contributed by atoms with Crippen LogP contribution in [0.5, 0.6) is 0 Å². The first-order valence-electron chi connectivity index (χ1n) is 5.80. The highest BCUT2D eigenvalue weighted by Gasteiger charge is 2.27. The van der Waals surface area contributed by atoms with Gasteiger partial charge in [0.2, 0.25) is 0 Å². The van der Waals surface area contributed by atoms with Gasteiger partial charge in [-0.1, -0.05) is 13.3 Å². The fraction of sp³-hybridized carbons (Fsp3) is 1.00. The van der Waals surface area contributed by atoms with E-state index in [0.29, 0.717) is 24.1 Å². The van der Waals surface area contributed by atoms with Crippen molar-refractivity contribution in [1.29, 1.82) is 0 Å². The molecule has 3 nitrogen and oxygen atoms in total. The maximum absolute atomic E-state index is 11.1. The average Bonchev–Trinajstić information content (AvgIpc) is 2.14. The van der Waals surface area contributed by atoms with Crippen molar-refractivity contribution in [3.63, 3.8) is 0 Å². The molecule has 1 aliphatic carbocycles. The minimum absolute atomic E-state index is 0.320. The zero-order valence-corrected chi connectivity index (χ0v) is 10.6. The molecule has 0 aliphatic heterocycles. The first-order valence-corrected chi connectivity index (χ1v) is 7.86. The van der Waals surface area contributed by atoms with Crippen LogP contribution < -0.4 is 5.73 Å². The lowest BCUT2D eigenvalue weighted by Crippen LogP contribution is -2.30. The van der Waals surface area contributed by atoms with E-state index in [9.17, 15) is 8.42 Å². The standard InChI is InChI=1S/C11H23NO2S/c1-9-3-4-11(8-12)10(7-9)5-6-15(2,13)14/h9-11H,3-8,12H2,1-2H3. The van der Waals surface area contributed by atoms with Crippen molar-refractivity contribution < 1.29 is 8.42 Å². The lowest BCUT2D eigenvalue weighted by Gasteiger charge is -2.34. The first kappa shape index (κ1) is 13.0. The first-order chi connectivity index (χ1) is 6.92. The van der Waals surface area contributed by atoms with Crippen molar-refractivity contribution in [3.05, 3.63) is 0 Å². The lowest BCUT2D eigenvalue weighted by atomic mass is 9.73. The van der Waals surface area contributed by atoms with Crippen LogP contribution in [0.4, 0.5) is 0 Å². The van der Waals surface area contributed by atoms with E-state index in [1.54, 1.807) is 0 Å². The zero-order valence-electron chi connectivity index (χ0n) is 9.78. The molecule has 1 fully saturated rings. The summed E-state index contributed by atoms with van der Waals surface area (Å²) in [6.07, 6.45) is 5.68. The molecule has 0 saturated heterocycles. The molecular weight excluding hydrogens is 210 g/mol. The third-order valence-corrected chi connectivity index (χ3v) is 4.54. The third kappa shape index (κ3) is 4.51. The molecule has 0 aromatic heterocycles. The summed E-state index contributed by atoms with van der Waals surface area (Å²) in [5, 5.41) is 0. The van der Waals surface area contributed by atoms with E-state index in [1.807, 2.05) is 0 Å². The summed E-state index contributed by atoms with van der Waals surface area (Å²) in [6.45, 7) is 2.96. The molecule has 0 radical (unpaired) electrons. The highest BCUT2D eigenvalue weighted by molar-refractivity contribution is 7.90. The maximum atomic E-state index is 11.1. The third-order valence-electron chi connectivity index (χ3n) is 3.56. The van der Waals surface area contributed by atoms with Crippen LogP contribution >= 0.6 is 0 Å². The summed E-state index contributed by atoms with van der Waals surface area (Å²) >= 11 is 0. The molecule has 4 heteroatoms. The van der Waals surface area contributed by atoms with Gasteiger partial charge in [-0.3, -0.25) is 0 Å². The molecule has 0 amide bonds. The average molecular weight is 233 g/mol. The largest absolute Gasteiger partial charge is 0.330 e. The fourth-order valence-corrected chi connectivity index (χ4v) is 3.32. The van der Waals surface area contributed by atoms with Gasteiger partial charge in [0.05, 0.1) is 5.75 Å². The summed E-state index contributed by atoms with van der Waals surface area (Å²) in [6, 6.07) is 0.